The summed E-state index contributed by atoms with van der Waals surface area (Å²) in [5, 5.41) is 0. The summed E-state index contributed by atoms with van der Waals surface area (Å²) < 4.78 is 12.8. The molecule has 2 N–H and O–H groups in total. The Kier molecular flexibility index (Phi) is 6.50. The zero-order valence-corrected chi connectivity index (χ0v) is 13.5. The van der Waals surface area contributed by atoms with Crippen molar-refractivity contribution in [3.8, 4) is 0 Å². The Labute approximate surface area is 136 Å². The number of likely N-dealkylation sites (tertiary alicyclic amines) is 1. The van der Waals surface area contributed by atoms with Crippen molar-refractivity contribution < 1.29 is 14.0 Å². The van der Waals surface area contributed by atoms with Crippen molar-refractivity contribution >= 4 is 24.1 Å². The maximum absolute atomic E-state index is 12.8. The van der Waals surface area contributed by atoms with Gasteiger partial charge in [0.15, 0.2) is 5.78 Å². The van der Waals surface area contributed by atoms with Crippen LogP contribution >= 0.6 is 12.4 Å². The second kappa shape index (κ2) is 7.70. The molecule has 2 rings (SSSR count). The van der Waals surface area contributed by atoms with E-state index in [1.807, 2.05) is 0 Å². The van der Waals surface area contributed by atoms with Gasteiger partial charge in [-0.25, -0.2) is 4.39 Å². The van der Waals surface area contributed by atoms with Crippen LogP contribution in [0.1, 0.15) is 36.5 Å². The Balaban J connectivity index is 0.00000242. The van der Waals surface area contributed by atoms with Crippen LogP contribution in [0, 0.1) is 11.2 Å². The van der Waals surface area contributed by atoms with Gasteiger partial charge >= 0.3 is 0 Å². The molecule has 1 fully saturated rings. The molecule has 1 atom stereocenters. The highest BCUT2D eigenvalue weighted by Gasteiger charge is 2.34. The molecule has 22 heavy (non-hydrogen) atoms. The molecule has 1 unspecified atom stereocenters. The molecule has 0 bridgehead atoms. The first-order chi connectivity index (χ1) is 9.93. The van der Waals surface area contributed by atoms with Crippen LogP contribution in [-0.4, -0.2) is 36.2 Å². The van der Waals surface area contributed by atoms with Gasteiger partial charge in [0.25, 0.3) is 0 Å². The van der Waals surface area contributed by atoms with E-state index in [-0.39, 0.29) is 48.2 Å². The lowest BCUT2D eigenvalue weighted by Gasteiger charge is -2.22. The van der Waals surface area contributed by atoms with E-state index in [2.05, 4.69) is 6.92 Å². The first-order valence-electron chi connectivity index (χ1n) is 7.20. The third kappa shape index (κ3) is 4.52. The minimum atomic E-state index is -0.374. The molecule has 0 aromatic heterocycles. The summed E-state index contributed by atoms with van der Waals surface area (Å²) in [4.78, 5) is 25.8. The van der Waals surface area contributed by atoms with Gasteiger partial charge in [-0.15, -0.1) is 12.4 Å². The average molecular weight is 329 g/mol. The molecule has 0 radical (unpaired) electrons. The SMILES string of the molecule is CC1(CN)CCN(C(=O)CCC(=O)c2ccc(F)cc2)C1.Cl. The molecule has 4 nitrogen and oxygen atoms in total. The summed E-state index contributed by atoms with van der Waals surface area (Å²) in [6.07, 6.45) is 1.25. The van der Waals surface area contributed by atoms with E-state index in [0.717, 1.165) is 6.42 Å². The van der Waals surface area contributed by atoms with Crippen LogP contribution in [0.3, 0.4) is 0 Å². The molecule has 1 aliphatic rings. The molecule has 6 heteroatoms. The summed E-state index contributed by atoms with van der Waals surface area (Å²) in [5.41, 5.74) is 6.16. The van der Waals surface area contributed by atoms with Gasteiger partial charge < -0.3 is 10.6 Å². The van der Waals surface area contributed by atoms with Gasteiger partial charge in [-0.2, -0.15) is 0 Å². The summed E-state index contributed by atoms with van der Waals surface area (Å²) in [6.45, 7) is 4.00. The van der Waals surface area contributed by atoms with Gasteiger partial charge in [0, 0.05) is 31.5 Å². The van der Waals surface area contributed by atoms with Gasteiger partial charge in [0.1, 0.15) is 5.82 Å². The van der Waals surface area contributed by atoms with Gasteiger partial charge in [-0.3, -0.25) is 9.59 Å². The third-order valence-electron chi connectivity index (χ3n) is 4.14. The number of carbonyl (C=O) groups excluding carboxylic acids is 2. The van der Waals surface area contributed by atoms with E-state index in [1.54, 1.807) is 4.90 Å². The number of ketones is 1. The number of carbonyl (C=O) groups is 2. The molecule has 1 heterocycles. The number of rotatable bonds is 5. The first kappa shape index (κ1) is 18.6. The standard InChI is InChI=1S/C16H21FN2O2.ClH/c1-16(10-18)8-9-19(11-16)15(21)7-6-14(20)12-2-4-13(17)5-3-12;/h2-5H,6-11,18H2,1H3;1H. The normalized spacial score (nSPS) is 20.6. The highest BCUT2D eigenvalue weighted by atomic mass is 35.5. The van der Waals surface area contributed by atoms with Crippen molar-refractivity contribution in [2.75, 3.05) is 19.6 Å². The minimum Gasteiger partial charge on any atom is -0.342 e. The highest BCUT2D eigenvalue weighted by Crippen LogP contribution is 2.28. The fourth-order valence-corrected chi connectivity index (χ4v) is 2.56. The number of Topliss-reactive ketones (excluding diaryl/α,β-unsaturated/α-hetero) is 1. The molecule has 0 aliphatic carbocycles. The smallest absolute Gasteiger partial charge is 0.223 e. The van der Waals surface area contributed by atoms with Gasteiger partial charge in [0.2, 0.25) is 5.91 Å². The lowest BCUT2D eigenvalue weighted by Crippen LogP contribution is -2.34. The van der Waals surface area contributed by atoms with Crippen LogP contribution in [0.25, 0.3) is 0 Å². The first-order valence-corrected chi connectivity index (χ1v) is 7.20. The Morgan fingerprint density at radius 1 is 1.27 bits per heavy atom. The fourth-order valence-electron chi connectivity index (χ4n) is 2.56. The lowest BCUT2D eigenvalue weighted by atomic mass is 9.90. The summed E-state index contributed by atoms with van der Waals surface area (Å²) >= 11 is 0. The Hall–Kier alpha value is -1.46. The van der Waals surface area contributed by atoms with E-state index in [0.29, 0.717) is 25.2 Å². The van der Waals surface area contributed by atoms with Crippen LogP contribution < -0.4 is 5.73 Å². The number of nitrogens with zero attached hydrogens (tertiary/aromatic N) is 1. The molecule has 1 aromatic rings. The van der Waals surface area contributed by atoms with Crippen LogP contribution in [0.5, 0.6) is 0 Å². The van der Waals surface area contributed by atoms with E-state index in [1.165, 1.54) is 24.3 Å². The van der Waals surface area contributed by atoms with Gasteiger partial charge in [-0.05, 0) is 42.6 Å². The number of nitrogens with two attached hydrogens (primary N) is 1. The maximum Gasteiger partial charge on any atom is 0.223 e. The molecule has 1 aliphatic heterocycles. The second-order valence-electron chi connectivity index (χ2n) is 6.01. The third-order valence-corrected chi connectivity index (χ3v) is 4.14. The lowest BCUT2D eigenvalue weighted by molar-refractivity contribution is -0.130. The van der Waals surface area contributed by atoms with Crippen molar-refractivity contribution in [3.05, 3.63) is 35.6 Å². The number of hydrogen-bond acceptors (Lipinski definition) is 3. The molecule has 1 saturated heterocycles. The zero-order chi connectivity index (χ0) is 15.5. The predicted molar refractivity (Wildman–Crippen MR) is 85.6 cm³/mol. The predicted octanol–water partition coefficient (Wildman–Crippen LogP) is 2.41. The largest absolute Gasteiger partial charge is 0.342 e. The van der Waals surface area contributed by atoms with Gasteiger partial charge in [0.05, 0.1) is 0 Å². The van der Waals surface area contributed by atoms with E-state index in [9.17, 15) is 14.0 Å². The van der Waals surface area contributed by atoms with Crippen LogP contribution in [0.15, 0.2) is 24.3 Å². The van der Waals surface area contributed by atoms with Crippen molar-refractivity contribution in [2.24, 2.45) is 11.1 Å². The van der Waals surface area contributed by atoms with Crippen molar-refractivity contribution in [1.29, 1.82) is 0 Å². The Morgan fingerprint density at radius 2 is 1.91 bits per heavy atom. The molecule has 122 valence electrons. The Bertz CT molecular complexity index is 535. The monoisotopic (exact) mass is 328 g/mol. The average Bonchev–Trinajstić information content (AvgIpc) is 2.88. The molecule has 0 spiro atoms. The number of halogens is 2. The number of hydrogen-bond donors (Lipinski definition) is 1. The molecule has 1 amide bonds. The fraction of sp³-hybridized carbons (Fsp3) is 0.500. The topological polar surface area (TPSA) is 63.4 Å². The van der Waals surface area contributed by atoms with Crippen LogP contribution in [-0.2, 0) is 4.79 Å². The van der Waals surface area contributed by atoms with Gasteiger partial charge in [-0.1, -0.05) is 6.92 Å². The van der Waals surface area contributed by atoms with E-state index < -0.39 is 0 Å². The van der Waals surface area contributed by atoms with Crippen molar-refractivity contribution in [3.63, 3.8) is 0 Å². The summed E-state index contributed by atoms with van der Waals surface area (Å²) in [7, 11) is 0. The van der Waals surface area contributed by atoms with E-state index in [4.69, 9.17) is 5.73 Å². The summed E-state index contributed by atoms with van der Waals surface area (Å²) in [6, 6.07) is 5.40. The molecule has 0 saturated carbocycles. The summed E-state index contributed by atoms with van der Waals surface area (Å²) in [5.74, 6) is -0.521. The highest BCUT2D eigenvalue weighted by molar-refractivity contribution is 5.97. The van der Waals surface area contributed by atoms with Crippen molar-refractivity contribution in [1.82, 2.24) is 4.90 Å². The van der Waals surface area contributed by atoms with Crippen LogP contribution in [0.4, 0.5) is 4.39 Å². The number of benzene rings is 1. The molecular weight excluding hydrogens is 307 g/mol. The Morgan fingerprint density at radius 3 is 2.45 bits per heavy atom. The zero-order valence-electron chi connectivity index (χ0n) is 12.7. The van der Waals surface area contributed by atoms with Crippen LogP contribution in [0.2, 0.25) is 0 Å². The van der Waals surface area contributed by atoms with Crippen molar-refractivity contribution in [2.45, 2.75) is 26.2 Å². The minimum absolute atomic E-state index is 0. The number of amides is 1. The quantitative estimate of drug-likeness (QED) is 0.844. The molecule has 1 aromatic carbocycles. The second-order valence-corrected chi connectivity index (χ2v) is 6.01. The maximum atomic E-state index is 12.8. The van der Waals surface area contributed by atoms with E-state index >= 15 is 0 Å². The molecular formula is C16H22ClFN2O2.